The third kappa shape index (κ3) is 4.52. The molecule has 0 saturated carbocycles. The Labute approximate surface area is 105 Å². The van der Waals surface area contributed by atoms with E-state index in [4.69, 9.17) is 4.55 Å². The summed E-state index contributed by atoms with van der Waals surface area (Å²) in [5, 5.41) is 0. The monoisotopic (exact) mass is 268 g/mol. The van der Waals surface area contributed by atoms with Crippen molar-refractivity contribution < 1.29 is 22.5 Å². The Morgan fingerprint density at radius 1 is 1.33 bits per heavy atom. The summed E-state index contributed by atoms with van der Waals surface area (Å²) in [6.45, 7) is 2.64. The number of hydrogen-bond acceptors (Lipinski definition) is 4. The number of esters is 1. The van der Waals surface area contributed by atoms with Gasteiger partial charge in [0.25, 0.3) is 10.1 Å². The number of ether oxygens (including phenoxy) is 1. The second kappa shape index (κ2) is 6.13. The molecule has 0 saturated heterocycles. The van der Waals surface area contributed by atoms with Gasteiger partial charge in [-0.25, -0.2) is 4.79 Å². The normalized spacial score (nSPS) is 11.9. The van der Waals surface area contributed by atoms with Gasteiger partial charge in [0.1, 0.15) is 11.5 Å². The summed E-state index contributed by atoms with van der Waals surface area (Å²) in [5.41, 5.74) is 0.569. The molecule has 0 aliphatic heterocycles. The summed E-state index contributed by atoms with van der Waals surface area (Å²) >= 11 is 0. The maximum absolute atomic E-state index is 11.1. The van der Waals surface area contributed by atoms with E-state index in [1.165, 1.54) is 6.08 Å². The van der Waals surface area contributed by atoms with Gasteiger partial charge in [-0.05, 0) is 11.6 Å². The lowest BCUT2D eigenvalue weighted by molar-refractivity contribution is -0.136. The van der Waals surface area contributed by atoms with Crippen molar-refractivity contribution in [3.05, 3.63) is 53.5 Å². The van der Waals surface area contributed by atoms with Gasteiger partial charge in [0.15, 0.2) is 0 Å². The summed E-state index contributed by atoms with van der Waals surface area (Å²) in [7, 11) is -4.42. The number of rotatable bonds is 5. The zero-order valence-electron chi connectivity index (χ0n) is 9.44. The van der Waals surface area contributed by atoms with Crippen LogP contribution in [0.15, 0.2) is 47.9 Å². The lowest BCUT2D eigenvalue weighted by Crippen LogP contribution is -2.11. The smallest absolute Gasteiger partial charge is 0.330 e. The van der Waals surface area contributed by atoms with Crippen molar-refractivity contribution in [2.24, 2.45) is 0 Å². The van der Waals surface area contributed by atoms with Crippen LogP contribution in [0.25, 0.3) is 6.08 Å². The van der Waals surface area contributed by atoms with E-state index in [1.807, 2.05) is 0 Å². The molecule has 0 atom stereocenters. The second-order valence-electron chi connectivity index (χ2n) is 3.31. The van der Waals surface area contributed by atoms with Gasteiger partial charge < -0.3 is 4.74 Å². The molecule has 0 aromatic heterocycles. The summed E-state index contributed by atoms with van der Waals surface area (Å²) in [4.78, 5) is 10.5. The van der Waals surface area contributed by atoms with Crippen LogP contribution < -0.4 is 0 Å². The van der Waals surface area contributed by atoms with Gasteiger partial charge in [-0.1, -0.05) is 36.9 Å². The molecular weight excluding hydrogens is 256 g/mol. The average Bonchev–Trinajstić information content (AvgIpc) is 2.33. The maximum Gasteiger partial charge on any atom is 0.330 e. The highest BCUT2D eigenvalue weighted by Crippen LogP contribution is 2.12. The molecule has 1 N–H and O–H groups in total. The number of carbonyl (C=O) groups is 1. The first-order valence-corrected chi connectivity index (χ1v) is 6.40. The van der Waals surface area contributed by atoms with E-state index >= 15 is 0 Å². The zero-order chi connectivity index (χ0) is 13.6. The summed E-state index contributed by atoms with van der Waals surface area (Å²) < 4.78 is 35.8. The fraction of sp³-hybridized carbons (Fsp3) is 0.0833. The van der Waals surface area contributed by atoms with Gasteiger partial charge in [-0.15, -0.1) is 0 Å². The van der Waals surface area contributed by atoms with Crippen LogP contribution in [0, 0.1) is 0 Å². The van der Waals surface area contributed by atoms with Gasteiger partial charge in [-0.3, -0.25) is 4.55 Å². The molecule has 1 aromatic rings. The first kappa shape index (κ1) is 14.1. The Hall–Kier alpha value is -1.92. The molecule has 6 heteroatoms. The predicted octanol–water partition coefficient (Wildman–Crippen LogP) is 1.64. The molecule has 0 aliphatic carbocycles. The fourth-order valence-electron chi connectivity index (χ4n) is 1.13. The third-order valence-electron chi connectivity index (χ3n) is 1.98. The van der Waals surface area contributed by atoms with Gasteiger partial charge in [0.05, 0.1) is 0 Å². The minimum atomic E-state index is -4.42. The molecule has 18 heavy (non-hydrogen) atoms. The van der Waals surface area contributed by atoms with Crippen LogP contribution >= 0.6 is 0 Å². The molecular formula is C12H12O5S. The van der Waals surface area contributed by atoms with Gasteiger partial charge in [0.2, 0.25) is 0 Å². The molecule has 0 radical (unpaired) electrons. The van der Waals surface area contributed by atoms with Crippen molar-refractivity contribution in [1.82, 2.24) is 0 Å². The minimum Gasteiger partial charge on any atom is -0.457 e. The molecule has 0 spiro atoms. The van der Waals surface area contributed by atoms with Crippen molar-refractivity contribution in [2.45, 2.75) is 0 Å². The Morgan fingerprint density at radius 3 is 2.44 bits per heavy atom. The van der Waals surface area contributed by atoms with Crippen LogP contribution in [0.3, 0.4) is 0 Å². The molecule has 1 aromatic carbocycles. The highest BCUT2D eigenvalue weighted by molar-refractivity contribution is 7.90. The van der Waals surface area contributed by atoms with Gasteiger partial charge in [-0.2, -0.15) is 8.42 Å². The van der Waals surface area contributed by atoms with E-state index < -0.39 is 27.6 Å². The summed E-state index contributed by atoms with van der Waals surface area (Å²) in [6.07, 6.45) is 2.13. The quantitative estimate of drug-likeness (QED) is 0.499. The molecule has 0 aliphatic rings. The third-order valence-corrected chi connectivity index (χ3v) is 2.88. The lowest BCUT2D eigenvalue weighted by Gasteiger charge is -2.04. The lowest BCUT2D eigenvalue weighted by atomic mass is 10.2. The topological polar surface area (TPSA) is 80.7 Å². The molecule has 5 nitrogen and oxygen atoms in total. The molecule has 0 amide bonds. The van der Waals surface area contributed by atoms with E-state index in [0.717, 1.165) is 6.08 Å². The molecule has 1 rings (SSSR count). The molecule has 0 bridgehead atoms. The highest BCUT2D eigenvalue weighted by atomic mass is 32.2. The summed E-state index contributed by atoms with van der Waals surface area (Å²) in [5.74, 6) is -0.766. The minimum absolute atomic E-state index is 0.399. The SMILES string of the molecule is C=CC(=O)OCC(=Cc1ccccc1)S(=O)(=O)O. The molecule has 0 unspecified atom stereocenters. The Bertz CT molecular complexity index is 557. The predicted molar refractivity (Wildman–Crippen MR) is 67.1 cm³/mol. The van der Waals surface area contributed by atoms with Crippen molar-refractivity contribution in [3.8, 4) is 0 Å². The van der Waals surface area contributed by atoms with Gasteiger partial charge in [0, 0.05) is 6.08 Å². The van der Waals surface area contributed by atoms with Gasteiger partial charge >= 0.3 is 5.97 Å². The first-order chi connectivity index (χ1) is 8.43. The standard InChI is InChI=1S/C12H12O5S/c1-2-12(13)17-9-11(18(14,15)16)8-10-6-4-3-5-7-10/h2-8H,1,9H2,(H,14,15,16). The van der Waals surface area contributed by atoms with E-state index in [2.05, 4.69) is 11.3 Å². The number of benzene rings is 1. The Balaban J connectivity index is 2.97. The number of carbonyl (C=O) groups excluding carboxylic acids is 1. The number of hydrogen-bond donors (Lipinski definition) is 1. The zero-order valence-corrected chi connectivity index (χ0v) is 10.3. The average molecular weight is 268 g/mol. The maximum atomic E-state index is 11.1. The van der Waals surface area contributed by atoms with E-state index in [0.29, 0.717) is 5.56 Å². The Morgan fingerprint density at radius 2 is 1.94 bits per heavy atom. The van der Waals surface area contributed by atoms with Crippen molar-refractivity contribution >= 4 is 22.2 Å². The van der Waals surface area contributed by atoms with Crippen LogP contribution in [-0.4, -0.2) is 25.5 Å². The first-order valence-electron chi connectivity index (χ1n) is 4.96. The molecule has 96 valence electrons. The van der Waals surface area contributed by atoms with Crippen LogP contribution in [-0.2, 0) is 19.6 Å². The van der Waals surface area contributed by atoms with Crippen LogP contribution in [0.5, 0.6) is 0 Å². The molecule has 0 fully saturated rings. The highest BCUT2D eigenvalue weighted by Gasteiger charge is 2.15. The second-order valence-corrected chi connectivity index (χ2v) is 4.78. The van der Waals surface area contributed by atoms with Crippen LogP contribution in [0.1, 0.15) is 5.56 Å². The fourth-order valence-corrected chi connectivity index (χ4v) is 1.62. The van der Waals surface area contributed by atoms with Crippen molar-refractivity contribution in [2.75, 3.05) is 6.61 Å². The van der Waals surface area contributed by atoms with Crippen LogP contribution in [0.2, 0.25) is 0 Å². The van der Waals surface area contributed by atoms with Crippen LogP contribution in [0.4, 0.5) is 0 Å². The van der Waals surface area contributed by atoms with Crippen molar-refractivity contribution in [1.29, 1.82) is 0 Å². The van der Waals surface area contributed by atoms with E-state index in [1.54, 1.807) is 30.3 Å². The molecule has 0 heterocycles. The largest absolute Gasteiger partial charge is 0.457 e. The van der Waals surface area contributed by atoms with E-state index in [-0.39, 0.29) is 0 Å². The van der Waals surface area contributed by atoms with E-state index in [9.17, 15) is 13.2 Å². The summed E-state index contributed by atoms with van der Waals surface area (Å²) in [6, 6.07) is 8.50. The Kier molecular flexibility index (Phi) is 4.82. The van der Waals surface area contributed by atoms with Crippen molar-refractivity contribution in [3.63, 3.8) is 0 Å².